The Morgan fingerprint density at radius 1 is 1.03 bits per heavy atom. The van der Waals surface area contributed by atoms with Crippen molar-refractivity contribution >= 4 is 11.8 Å². The molecule has 0 spiro atoms. The third-order valence-electron chi connectivity index (χ3n) is 6.64. The van der Waals surface area contributed by atoms with Gasteiger partial charge in [0, 0.05) is 12.0 Å². The highest BCUT2D eigenvalue weighted by molar-refractivity contribution is 5.90. The summed E-state index contributed by atoms with van der Waals surface area (Å²) in [4.78, 5) is 14.3. The first-order valence-electron chi connectivity index (χ1n) is 11.5. The molecule has 3 rings (SSSR count). The van der Waals surface area contributed by atoms with Gasteiger partial charge < -0.3 is 4.74 Å². The fourth-order valence-corrected chi connectivity index (χ4v) is 4.71. The third kappa shape index (κ3) is 5.30. The number of halogens is 6. The molecule has 0 aromatic heterocycles. The van der Waals surface area contributed by atoms with Crippen LogP contribution in [0.25, 0.3) is 0 Å². The van der Waals surface area contributed by atoms with E-state index in [0.29, 0.717) is 29.8 Å². The number of amides is 1. The number of carbonyl (C=O) groups excluding carboxylic acids is 1. The smallest absolute Gasteiger partial charge is 0.416 e. The second-order valence-electron chi connectivity index (χ2n) is 8.91. The van der Waals surface area contributed by atoms with Gasteiger partial charge in [0.15, 0.2) is 0 Å². The Morgan fingerprint density at radius 2 is 1.58 bits per heavy atom. The van der Waals surface area contributed by atoms with Crippen molar-refractivity contribution in [1.82, 2.24) is 0 Å². The molecule has 10 heteroatoms. The Morgan fingerprint density at radius 3 is 2.06 bits per heavy atom. The lowest BCUT2D eigenvalue weighted by Gasteiger charge is -2.42. The molecule has 2 aromatic carbocycles. The minimum atomic E-state index is -5.03. The Balaban J connectivity index is 2.24. The van der Waals surface area contributed by atoms with E-state index >= 15 is 0 Å². The SMILES string of the molecule is CCOC(=O)N1c2cc(C)c(C)cc2[C@H](C(C#N)c2cc(C(F)(F)F)cc(C(F)(F)F)c2)C[C@H]1CC. The van der Waals surface area contributed by atoms with Crippen LogP contribution in [0.5, 0.6) is 0 Å². The molecule has 0 bridgehead atoms. The first-order valence-corrected chi connectivity index (χ1v) is 11.5. The van der Waals surface area contributed by atoms with Gasteiger partial charge in [0.1, 0.15) is 0 Å². The number of nitrogens with zero attached hydrogens (tertiary/aromatic N) is 2. The Kier molecular flexibility index (Phi) is 7.63. The fourth-order valence-electron chi connectivity index (χ4n) is 4.71. The minimum absolute atomic E-state index is 0.0532. The second-order valence-corrected chi connectivity index (χ2v) is 8.91. The molecule has 0 N–H and O–H groups in total. The van der Waals surface area contributed by atoms with Crippen molar-refractivity contribution in [3.63, 3.8) is 0 Å². The van der Waals surface area contributed by atoms with Crippen molar-refractivity contribution in [2.24, 2.45) is 0 Å². The van der Waals surface area contributed by atoms with E-state index in [0.717, 1.165) is 11.1 Å². The number of fused-ring (bicyclic) bond motifs is 1. The topological polar surface area (TPSA) is 53.3 Å². The van der Waals surface area contributed by atoms with Crippen LogP contribution < -0.4 is 4.90 Å². The van der Waals surface area contributed by atoms with Crippen LogP contribution in [0, 0.1) is 25.2 Å². The van der Waals surface area contributed by atoms with Gasteiger partial charge in [0.05, 0.1) is 35.4 Å². The molecule has 1 amide bonds. The van der Waals surface area contributed by atoms with Crippen LogP contribution in [0.1, 0.15) is 71.9 Å². The molecular weight excluding hydrogens is 486 g/mol. The quantitative estimate of drug-likeness (QED) is 0.392. The predicted octanol–water partition coefficient (Wildman–Crippen LogP) is 7.88. The van der Waals surface area contributed by atoms with E-state index in [2.05, 4.69) is 0 Å². The van der Waals surface area contributed by atoms with Crippen LogP contribution in [0.2, 0.25) is 0 Å². The highest BCUT2D eigenvalue weighted by Crippen LogP contribution is 2.48. The molecule has 0 radical (unpaired) electrons. The normalized spacial score (nSPS) is 18.9. The number of benzene rings is 2. The highest BCUT2D eigenvalue weighted by atomic mass is 19.4. The van der Waals surface area contributed by atoms with Crippen molar-refractivity contribution in [3.8, 4) is 6.07 Å². The molecule has 194 valence electrons. The molecule has 1 heterocycles. The predicted molar refractivity (Wildman–Crippen MR) is 122 cm³/mol. The van der Waals surface area contributed by atoms with Crippen LogP contribution in [-0.2, 0) is 17.1 Å². The average molecular weight is 512 g/mol. The lowest BCUT2D eigenvalue weighted by atomic mass is 9.73. The molecule has 2 aromatic rings. The summed E-state index contributed by atoms with van der Waals surface area (Å²) in [5.41, 5.74) is -0.697. The number of carbonyl (C=O) groups is 1. The van der Waals surface area contributed by atoms with Crippen molar-refractivity contribution in [2.45, 2.75) is 70.8 Å². The van der Waals surface area contributed by atoms with Crippen LogP contribution >= 0.6 is 0 Å². The molecule has 3 atom stereocenters. The standard InChI is InChI=1S/C26H26F6N2O2/c1-5-19-12-20(21-7-14(3)15(4)8-23(21)34(19)24(35)36-6-2)22(13-33)16-9-17(25(27,28)29)11-18(10-16)26(30,31)32/h7-11,19-20,22H,5-6,12H2,1-4H3/t19-,20-,22?/m1/s1. The number of hydrogen-bond acceptors (Lipinski definition) is 3. The summed E-state index contributed by atoms with van der Waals surface area (Å²) in [7, 11) is 0. The summed E-state index contributed by atoms with van der Waals surface area (Å²) < 4.78 is 86.2. The molecule has 1 aliphatic heterocycles. The fraction of sp³-hybridized carbons (Fsp3) is 0.462. The third-order valence-corrected chi connectivity index (χ3v) is 6.64. The molecule has 4 nitrogen and oxygen atoms in total. The number of anilines is 1. The van der Waals surface area contributed by atoms with Crippen molar-refractivity contribution in [1.29, 1.82) is 5.26 Å². The Labute approximate surface area is 205 Å². The first kappa shape index (κ1) is 27.4. The van der Waals surface area contributed by atoms with Gasteiger partial charge in [-0.3, -0.25) is 4.90 Å². The van der Waals surface area contributed by atoms with Gasteiger partial charge in [-0.25, -0.2) is 4.79 Å². The number of nitriles is 1. The summed E-state index contributed by atoms with van der Waals surface area (Å²) in [6.45, 7) is 7.23. The summed E-state index contributed by atoms with van der Waals surface area (Å²) in [5, 5.41) is 10.1. The lowest BCUT2D eigenvalue weighted by molar-refractivity contribution is -0.143. The van der Waals surface area contributed by atoms with E-state index in [1.54, 1.807) is 26.0 Å². The molecule has 0 fully saturated rings. The molecular formula is C26H26F6N2O2. The van der Waals surface area contributed by atoms with Crippen LogP contribution in [0.3, 0.4) is 0 Å². The van der Waals surface area contributed by atoms with E-state index in [1.165, 1.54) is 4.90 Å². The minimum Gasteiger partial charge on any atom is -0.449 e. The monoisotopic (exact) mass is 512 g/mol. The van der Waals surface area contributed by atoms with Gasteiger partial charge >= 0.3 is 18.4 Å². The summed E-state index contributed by atoms with van der Waals surface area (Å²) >= 11 is 0. The zero-order valence-electron chi connectivity index (χ0n) is 20.2. The Bertz CT molecular complexity index is 1150. The largest absolute Gasteiger partial charge is 0.449 e. The highest BCUT2D eigenvalue weighted by Gasteiger charge is 2.42. The maximum atomic E-state index is 13.5. The number of rotatable bonds is 4. The van der Waals surface area contributed by atoms with Gasteiger partial charge in [-0.1, -0.05) is 13.0 Å². The van der Waals surface area contributed by atoms with Gasteiger partial charge in [0.2, 0.25) is 0 Å². The maximum Gasteiger partial charge on any atom is 0.416 e. The van der Waals surface area contributed by atoms with Gasteiger partial charge in [-0.2, -0.15) is 31.6 Å². The van der Waals surface area contributed by atoms with Crippen molar-refractivity contribution in [3.05, 3.63) is 63.7 Å². The number of alkyl halides is 6. The van der Waals surface area contributed by atoms with Crippen LogP contribution in [0.4, 0.5) is 36.8 Å². The number of hydrogen-bond donors (Lipinski definition) is 0. The van der Waals surface area contributed by atoms with E-state index < -0.39 is 47.5 Å². The van der Waals surface area contributed by atoms with Gasteiger partial charge in [-0.05, 0) is 80.1 Å². The van der Waals surface area contributed by atoms with Gasteiger partial charge in [0.25, 0.3) is 0 Å². The van der Waals surface area contributed by atoms with E-state index in [4.69, 9.17) is 4.74 Å². The zero-order valence-corrected chi connectivity index (χ0v) is 20.2. The lowest BCUT2D eigenvalue weighted by Crippen LogP contribution is -2.45. The molecule has 36 heavy (non-hydrogen) atoms. The molecule has 1 aliphatic rings. The second kappa shape index (κ2) is 10.0. The summed E-state index contributed by atoms with van der Waals surface area (Å²) in [6, 6.07) is 6.27. The van der Waals surface area contributed by atoms with E-state index in [-0.39, 0.29) is 24.7 Å². The molecule has 0 aliphatic carbocycles. The van der Waals surface area contributed by atoms with Gasteiger partial charge in [-0.15, -0.1) is 0 Å². The Hall–Kier alpha value is -3.22. The number of aryl methyl sites for hydroxylation is 2. The first-order chi connectivity index (χ1) is 16.7. The summed E-state index contributed by atoms with van der Waals surface area (Å²) in [6.07, 6.45) is -10.0. The van der Waals surface area contributed by atoms with Crippen molar-refractivity contribution in [2.75, 3.05) is 11.5 Å². The average Bonchev–Trinajstić information content (AvgIpc) is 2.79. The van der Waals surface area contributed by atoms with E-state index in [1.807, 2.05) is 19.9 Å². The van der Waals surface area contributed by atoms with Crippen LogP contribution in [0.15, 0.2) is 30.3 Å². The van der Waals surface area contributed by atoms with Crippen molar-refractivity contribution < 1.29 is 35.9 Å². The maximum absolute atomic E-state index is 13.5. The molecule has 0 saturated heterocycles. The van der Waals surface area contributed by atoms with Crippen LogP contribution in [-0.4, -0.2) is 18.7 Å². The number of ether oxygens (including phenoxy) is 1. The molecule has 1 unspecified atom stereocenters. The summed E-state index contributed by atoms with van der Waals surface area (Å²) in [5.74, 6) is -2.06. The molecule has 0 saturated carbocycles. The van der Waals surface area contributed by atoms with E-state index in [9.17, 15) is 36.4 Å². The zero-order chi connectivity index (χ0) is 27.0.